The third-order valence-electron chi connectivity index (χ3n) is 4.87. The Morgan fingerprint density at radius 3 is 2.78 bits per heavy atom. The predicted octanol–water partition coefficient (Wildman–Crippen LogP) is 3.38. The average Bonchev–Trinajstić information content (AvgIpc) is 3.20. The van der Waals surface area contributed by atoms with Crippen molar-refractivity contribution in [2.75, 3.05) is 7.11 Å². The number of nitrogens with zero attached hydrogens (tertiary/aromatic N) is 3. The van der Waals surface area contributed by atoms with Crippen molar-refractivity contribution in [1.82, 2.24) is 19.3 Å². The van der Waals surface area contributed by atoms with E-state index < -0.39 is 0 Å². The lowest BCUT2D eigenvalue weighted by atomic mass is 10.2. The molecule has 0 saturated heterocycles. The van der Waals surface area contributed by atoms with Gasteiger partial charge in [0.25, 0.3) is 5.91 Å². The van der Waals surface area contributed by atoms with Crippen LogP contribution in [-0.2, 0) is 13.6 Å². The molecule has 4 aromatic rings. The SMILES string of the molecule is COc1ccc2c(c1)cc(C(=O)NCc1cn3c(C)cc(C)cc3n1)n2C. The molecule has 27 heavy (non-hydrogen) atoms. The number of rotatable bonds is 4. The molecule has 3 heterocycles. The highest BCUT2D eigenvalue weighted by Crippen LogP contribution is 2.23. The number of carbonyl (C=O) groups excluding carboxylic acids is 1. The Labute approximate surface area is 157 Å². The van der Waals surface area contributed by atoms with Gasteiger partial charge in [0.05, 0.1) is 19.3 Å². The second-order valence-corrected chi connectivity index (χ2v) is 6.83. The van der Waals surface area contributed by atoms with Gasteiger partial charge in [0.2, 0.25) is 0 Å². The van der Waals surface area contributed by atoms with E-state index in [1.165, 1.54) is 5.56 Å². The Balaban J connectivity index is 1.57. The highest BCUT2D eigenvalue weighted by molar-refractivity contribution is 5.99. The van der Waals surface area contributed by atoms with Crippen molar-refractivity contribution in [2.24, 2.45) is 7.05 Å². The highest BCUT2D eigenvalue weighted by atomic mass is 16.5. The summed E-state index contributed by atoms with van der Waals surface area (Å²) in [7, 11) is 3.52. The number of fused-ring (bicyclic) bond motifs is 2. The van der Waals surface area contributed by atoms with E-state index in [-0.39, 0.29) is 5.91 Å². The van der Waals surface area contributed by atoms with E-state index in [0.29, 0.717) is 12.2 Å². The summed E-state index contributed by atoms with van der Waals surface area (Å²) in [5.41, 5.74) is 5.62. The van der Waals surface area contributed by atoms with E-state index >= 15 is 0 Å². The van der Waals surface area contributed by atoms with Gasteiger partial charge in [-0.2, -0.15) is 0 Å². The number of ether oxygens (including phenoxy) is 1. The summed E-state index contributed by atoms with van der Waals surface area (Å²) in [6, 6.07) is 11.8. The van der Waals surface area contributed by atoms with Gasteiger partial charge in [0.15, 0.2) is 0 Å². The number of benzene rings is 1. The standard InChI is InChI=1S/C21H22N4O2/c1-13-7-14(2)25-12-16(23-20(25)8-13)11-22-21(26)19-10-15-9-17(27-4)5-6-18(15)24(19)3/h5-10,12H,11H2,1-4H3,(H,22,26). The maximum atomic E-state index is 12.7. The number of aromatic nitrogens is 3. The lowest BCUT2D eigenvalue weighted by Gasteiger charge is -2.05. The third kappa shape index (κ3) is 3.03. The van der Waals surface area contributed by atoms with Crippen molar-refractivity contribution in [3.63, 3.8) is 0 Å². The van der Waals surface area contributed by atoms with E-state index in [9.17, 15) is 4.79 Å². The van der Waals surface area contributed by atoms with Gasteiger partial charge in [-0.1, -0.05) is 0 Å². The van der Waals surface area contributed by atoms with Crippen molar-refractivity contribution in [3.05, 3.63) is 65.2 Å². The van der Waals surface area contributed by atoms with E-state index in [1.54, 1.807) is 7.11 Å². The van der Waals surface area contributed by atoms with Crippen molar-refractivity contribution in [3.8, 4) is 5.75 Å². The molecule has 0 aliphatic heterocycles. The molecule has 0 spiro atoms. The van der Waals surface area contributed by atoms with Crippen LogP contribution in [0.2, 0.25) is 0 Å². The molecule has 1 N–H and O–H groups in total. The van der Waals surface area contributed by atoms with Crippen molar-refractivity contribution < 1.29 is 9.53 Å². The largest absolute Gasteiger partial charge is 0.497 e. The fourth-order valence-electron chi connectivity index (χ4n) is 3.49. The molecule has 6 nitrogen and oxygen atoms in total. The first-order valence-corrected chi connectivity index (χ1v) is 8.83. The molecule has 138 valence electrons. The lowest BCUT2D eigenvalue weighted by Crippen LogP contribution is -2.24. The molecular formula is C21H22N4O2. The molecule has 1 amide bonds. The van der Waals surface area contributed by atoms with E-state index in [4.69, 9.17) is 4.74 Å². The molecular weight excluding hydrogens is 340 g/mol. The van der Waals surface area contributed by atoms with Crippen LogP contribution in [0.15, 0.2) is 42.6 Å². The molecule has 0 aliphatic rings. The van der Waals surface area contributed by atoms with Gasteiger partial charge in [0, 0.05) is 29.8 Å². The number of imidazole rings is 1. The van der Waals surface area contributed by atoms with Crippen LogP contribution >= 0.6 is 0 Å². The topological polar surface area (TPSA) is 60.6 Å². The Kier molecular flexibility index (Phi) is 4.11. The first-order chi connectivity index (χ1) is 13.0. The second-order valence-electron chi connectivity index (χ2n) is 6.83. The third-order valence-corrected chi connectivity index (χ3v) is 4.87. The fourth-order valence-corrected chi connectivity index (χ4v) is 3.49. The zero-order valence-corrected chi connectivity index (χ0v) is 15.9. The number of aryl methyl sites for hydroxylation is 3. The van der Waals surface area contributed by atoms with Gasteiger partial charge >= 0.3 is 0 Å². The van der Waals surface area contributed by atoms with E-state index in [1.807, 2.05) is 59.5 Å². The Bertz CT molecular complexity index is 1170. The first-order valence-electron chi connectivity index (χ1n) is 8.83. The van der Waals surface area contributed by atoms with Crippen LogP contribution in [-0.4, -0.2) is 27.0 Å². The summed E-state index contributed by atoms with van der Waals surface area (Å²) in [4.78, 5) is 17.3. The molecule has 4 rings (SSSR count). The van der Waals surface area contributed by atoms with Gasteiger partial charge in [-0.25, -0.2) is 4.98 Å². The highest BCUT2D eigenvalue weighted by Gasteiger charge is 2.14. The number of carbonyl (C=O) groups is 1. The Morgan fingerprint density at radius 2 is 2.00 bits per heavy atom. The van der Waals surface area contributed by atoms with Crippen LogP contribution in [0.4, 0.5) is 0 Å². The van der Waals surface area contributed by atoms with Crippen molar-refractivity contribution in [2.45, 2.75) is 20.4 Å². The minimum Gasteiger partial charge on any atom is -0.497 e. The molecule has 0 unspecified atom stereocenters. The molecule has 0 bridgehead atoms. The van der Waals surface area contributed by atoms with Crippen LogP contribution in [0.3, 0.4) is 0 Å². The number of hydrogen-bond donors (Lipinski definition) is 1. The predicted molar refractivity (Wildman–Crippen MR) is 105 cm³/mol. The van der Waals surface area contributed by atoms with Gasteiger partial charge in [-0.15, -0.1) is 0 Å². The van der Waals surface area contributed by atoms with E-state index in [0.717, 1.165) is 33.7 Å². The quantitative estimate of drug-likeness (QED) is 0.605. The second kappa shape index (κ2) is 6.46. The molecule has 1 aromatic carbocycles. The van der Waals surface area contributed by atoms with Crippen molar-refractivity contribution >= 4 is 22.5 Å². The Hall–Kier alpha value is -3.28. The number of methoxy groups -OCH3 is 1. The number of amides is 1. The molecule has 6 heteroatoms. The number of hydrogen-bond acceptors (Lipinski definition) is 3. The smallest absolute Gasteiger partial charge is 0.268 e. The molecule has 0 atom stereocenters. The van der Waals surface area contributed by atoms with Crippen LogP contribution in [0.1, 0.15) is 27.4 Å². The monoisotopic (exact) mass is 362 g/mol. The molecule has 0 radical (unpaired) electrons. The summed E-state index contributed by atoms with van der Waals surface area (Å²) in [6.07, 6.45) is 1.97. The van der Waals surface area contributed by atoms with Crippen LogP contribution in [0, 0.1) is 13.8 Å². The number of pyridine rings is 1. The maximum absolute atomic E-state index is 12.7. The lowest BCUT2D eigenvalue weighted by molar-refractivity contribution is 0.0942. The van der Waals surface area contributed by atoms with Crippen LogP contribution < -0.4 is 10.1 Å². The Morgan fingerprint density at radius 1 is 1.19 bits per heavy atom. The summed E-state index contributed by atoms with van der Waals surface area (Å²) in [5.74, 6) is 0.646. The van der Waals surface area contributed by atoms with Crippen LogP contribution in [0.25, 0.3) is 16.6 Å². The summed E-state index contributed by atoms with van der Waals surface area (Å²) < 4.78 is 9.19. The normalized spacial score (nSPS) is 11.3. The van der Waals surface area contributed by atoms with Gasteiger partial charge in [0.1, 0.15) is 17.1 Å². The van der Waals surface area contributed by atoms with Gasteiger partial charge in [-0.3, -0.25) is 4.79 Å². The zero-order chi connectivity index (χ0) is 19.1. The minimum absolute atomic E-state index is 0.127. The zero-order valence-electron chi connectivity index (χ0n) is 15.9. The van der Waals surface area contributed by atoms with E-state index in [2.05, 4.69) is 23.3 Å². The molecule has 0 aliphatic carbocycles. The molecule has 0 saturated carbocycles. The van der Waals surface area contributed by atoms with Crippen molar-refractivity contribution in [1.29, 1.82) is 0 Å². The molecule has 3 aromatic heterocycles. The maximum Gasteiger partial charge on any atom is 0.268 e. The van der Waals surface area contributed by atoms with Gasteiger partial charge in [-0.05, 0) is 55.8 Å². The first kappa shape index (κ1) is 17.1. The van der Waals surface area contributed by atoms with Crippen LogP contribution in [0.5, 0.6) is 5.75 Å². The molecule has 0 fully saturated rings. The number of nitrogens with one attached hydrogen (secondary N) is 1. The average molecular weight is 362 g/mol. The van der Waals surface area contributed by atoms with Gasteiger partial charge < -0.3 is 19.0 Å². The summed E-state index contributed by atoms with van der Waals surface area (Å²) in [5, 5.41) is 3.95. The fraction of sp³-hybridized carbons (Fsp3) is 0.238. The summed E-state index contributed by atoms with van der Waals surface area (Å²) >= 11 is 0. The summed E-state index contributed by atoms with van der Waals surface area (Å²) in [6.45, 7) is 4.48. The minimum atomic E-state index is -0.127.